The zero-order chi connectivity index (χ0) is 18.1. The second kappa shape index (κ2) is 7.00. The van der Waals surface area contributed by atoms with E-state index in [1.165, 1.54) is 0 Å². The molecule has 0 radical (unpaired) electrons. The van der Waals surface area contributed by atoms with Crippen LogP contribution in [0.2, 0.25) is 0 Å². The standard InChI is InChI=1S/C20H27N3O3/c1-3-25-14-20-10-6-12-26-17(20)9-11-23(13-20)19(24)18-15-7-4-5-8-16(15)22(2)21-18/h4-5,7-8,17H,3,6,9-14H2,1-2H3/t17-,20-/m1/s1. The number of hydrogen-bond acceptors (Lipinski definition) is 4. The molecular formula is C20H27N3O3. The molecule has 140 valence electrons. The topological polar surface area (TPSA) is 56.6 Å². The first kappa shape index (κ1) is 17.5. The average molecular weight is 357 g/mol. The van der Waals surface area contributed by atoms with Crippen LogP contribution < -0.4 is 0 Å². The van der Waals surface area contributed by atoms with E-state index in [-0.39, 0.29) is 17.4 Å². The molecule has 2 aliphatic heterocycles. The summed E-state index contributed by atoms with van der Waals surface area (Å²) in [5.74, 6) is 0.0155. The number of likely N-dealkylation sites (tertiary alicyclic amines) is 1. The summed E-state index contributed by atoms with van der Waals surface area (Å²) in [7, 11) is 1.89. The lowest BCUT2D eigenvalue weighted by Gasteiger charge is -2.50. The van der Waals surface area contributed by atoms with Gasteiger partial charge in [0.15, 0.2) is 5.69 Å². The lowest BCUT2D eigenvalue weighted by Crippen LogP contribution is -2.58. The third-order valence-electron chi connectivity index (χ3n) is 5.83. The number of piperidine rings is 1. The van der Waals surface area contributed by atoms with Gasteiger partial charge in [-0.05, 0) is 32.3 Å². The third-order valence-corrected chi connectivity index (χ3v) is 5.83. The fraction of sp³-hybridized carbons (Fsp3) is 0.600. The highest BCUT2D eigenvalue weighted by Gasteiger charge is 2.47. The van der Waals surface area contributed by atoms with E-state index in [9.17, 15) is 4.79 Å². The predicted molar refractivity (Wildman–Crippen MR) is 99.1 cm³/mol. The summed E-state index contributed by atoms with van der Waals surface area (Å²) < 4.78 is 13.6. The molecule has 6 nitrogen and oxygen atoms in total. The van der Waals surface area contributed by atoms with Crippen LogP contribution in [0.25, 0.3) is 10.9 Å². The van der Waals surface area contributed by atoms with Crippen LogP contribution in [0, 0.1) is 5.41 Å². The van der Waals surface area contributed by atoms with Crippen molar-refractivity contribution in [1.82, 2.24) is 14.7 Å². The van der Waals surface area contributed by atoms with E-state index in [0.717, 1.165) is 36.8 Å². The fourth-order valence-electron chi connectivity index (χ4n) is 4.50. The van der Waals surface area contributed by atoms with E-state index in [1.807, 2.05) is 43.1 Å². The highest BCUT2D eigenvalue weighted by atomic mass is 16.5. The van der Waals surface area contributed by atoms with Gasteiger partial charge in [0.05, 0.1) is 18.2 Å². The number of para-hydroxylation sites is 1. The molecule has 2 aliphatic rings. The number of amides is 1. The largest absolute Gasteiger partial charge is 0.381 e. The number of aromatic nitrogens is 2. The van der Waals surface area contributed by atoms with Gasteiger partial charge in [0.2, 0.25) is 0 Å². The summed E-state index contributed by atoms with van der Waals surface area (Å²) in [5, 5.41) is 5.43. The molecule has 6 heteroatoms. The van der Waals surface area contributed by atoms with E-state index >= 15 is 0 Å². The minimum atomic E-state index is -0.0905. The molecule has 1 aromatic carbocycles. The highest BCUT2D eigenvalue weighted by Crippen LogP contribution is 2.41. The van der Waals surface area contributed by atoms with Gasteiger partial charge in [-0.15, -0.1) is 0 Å². The summed E-state index contributed by atoms with van der Waals surface area (Å²) >= 11 is 0. The van der Waals surface area contributed by atoms with Crippen LogP contribution in [-0.4, -0.2) is 59.6 Å². The van der Waals surface area contributed by atoms with Crippen molar-refractivity contribution in [2.24, 2.45) is 12.5 Å². The molecule has 4 rings (SSSR count). The number of ether oxygens (including phenoxy) is 2. The number of aryl methyl sites for hydroxylation is 1. The van der Waals surface area contributed by atoms with Gasteiger partial charge in [0.25, 0.3) is 5.91 Å². The highest BCUT2D eigenvalue weighted by molar-refractivity contribution is 6.04. The first-order chi connectivity index (χ1) is 12.6. The van der Waals surface area contributed by atoms with Crippen LogP contribution in [0.5, 0.6) is 0 Å². The number of hydrogen-bond donors (Lipinski definition) is 0. The van der Waals surface area contributed by atoms with Crippen molar-refractivity contribution >= 4 is 16.8 Å². The van der Waals surface area contributed by atoms with Gasteiger partial charge >= 0.3 is 0 Å². The monoisotopic (exact) mass is 357 g/mol. The maximum Gasteiger partial charge on any atom is 0.275 e. The molecule has 0 unspecified atom stereocenters. The molecule has 2 fully saturated rings. The molecule has 2 aromatic rings. The first-order valence-corrected chi connectivity index (χ1v) is 9.55. The van der Waals surface area contributed by atoms with Gasteiger partial charge < -0.3 is 14.4 Å². The quantitative estimate of drug-likeness (QED) is 0.844. The van der Waals surface area contributed by atoms with Crippen LogP contribution in [0.1, 0.15) is 36.7 Å². The van der Waals surface area contributed by atoms with Crippen LogP contribution in [0.3, 0.4) is 0 Å². The first-order valence-electron chi connectivity index (χ1n) is 9.55. The Balaban J connectivity index is 1.62. The Labute approximate surface area is 154 Å². The van der Waals surface area contributed by atoms with Gasteiger partial charge in [0, 0.05) is 44.2 Å². The van der Waals surface area contributed by atoms with Crippen LogP contribution >= 0.6 is 0 Å². The van der Waals surface area contributed by atoms with Crippen molar-refractivity contribution in [1.29, 1.82) is 0 Å². The zero-order valence-electron chi connectivity index (χ0n) is 15.6. The summed E-state index contributed by atoms with van der Waals surface area (Å²) in [6.45, 7) is 5.57. The number of carbonyl (C=O) groups excluding carboxylic acids is 1. The van der Waals surface area contributed by atoms with Crippen LogP contribution in [0.4, 0.5) is 0 Å². The Bertz CT molecular complexity index is 803. The number of rotatable bonds is 4. The number of fused-ring (bicyclic) bond motifs is 2. The molecule has 0 aliphatic carbocycles. The molecule has 2 saturated heterocycles. The SMILES string of the molecule is CCOC[C@]12CCCO[C@@H]1CCN(C(=O)c1nn(C)c3ccccc13)C2. The molecule has 3 heterocycles. The lowest BCUT2D eigenvalue weighted by molar-refractivity contribution is -0.146. The second-order valence-electron chi connectivity index (χ2n) is 7.47. The van der Waals surface area contributed by atoms with Gasteiger partial charge in [-0.2, -0.15) is 5.10 Å². The van der Waals surface area contributed by atoms with E-state index in [0.29, 0.717) is 32.0 Å². The van der Waals surface area contributed by atoms with Crippen molar-refractivity contribution in [3.8, 4) is 0 Å². The zero-order valence-corrected chi connectivity index (χ0v) is 15.6. The van der Waals surface area contributed by atoms with Gasteiger partial charge in [-0.25, -0.2) is 0 Å². The van der Waals surface area contributed by atoms with Crippen molar-refractivity contribution in [2.75, 3.05) is 32.9 Å². The van der Waals surface area contributed by atoms with E-state index in [4.69, 9.17) is 9.47 Å². The normalized spacial score (nSPS) is 26.1. The second-order valence-corrected chi connectivity index (χ2v) is 7.47. The third kappa shape index (κ3) is 2.91. The molecule has 0 spiro atoms. The minimum absolute atomic E-state index is 0.0155. The molecule has 0 N–H and O–H groups in total. The Hall–Kier alpha value is -1.92. The number of benzene rings is 1. The van der Waals surface area contributed by atoms with Crippen molar-refractivity contribution < 1.29 is 14.3 Å². The number of carbonyl (C=O) groups is 1. The van der Waals surface area contributed by atoms with Crippen LogP contribution in [-0.2, 0) is 16.5 Å². The van der Waals surface area contributed by atoms with Gasteiger partial charge in [0.1, 0.15) is 0 Å². The van der Waals surface area contributed by atoms with E-state index < -0.39 is 0 Å². The summed E-state index contributed by atoms with van der Waals surface area (Å²) in [6.07, 6.45) is 3.12. The maximum absolute atomic E-state index is 13.3. The minimum Gasteiger partial charge on any atom is -0.381 e. The van der Waals surface area contributed by atoms with Crippen molar-refractivity contribution in [2.45, 2.75) is 32.3 Å². The lowest BCUT2D eigenvalue weighted by atomic mass is 9.73. The summed E-state index contributed by atoms with van der Waals surface area (Å²) in [4.78, 5) is 15.2. The predicted octanol–water partition coefficient (Wildman–Crippen LogP) is 2.62. The Morgan fingerprint density at radius 3 is 3.12 bits per heavy atom. The van der Waals surface area contributed by atoms with Crippen molar-refractivity contribution in [3.05, 3.63) is 30.0 Å². The van der Waals surface area contributed by atoms with E-state index in [1.54, 1.807) is 4.68 Å². The summed E-state index contributed by atoms with van der Waals surface area (Å²) in [5.41, 5.74) is 1.44. The average Bonchev–Trinajstić information content (AvgIpc) is 3.02. The van der Waals surface area contributed by atoms with Gasteiger partial charge in [-0.1, -0.05) is 18.2 Å². The van der Waals surface area contributed by atoms with Crippen molar-refractivity contribution in [3.63, 3.8) is 0 Å². The van der Waals surface area contributed by atoms with Crippen LogP contribution in [0.15, 0.2) is 24.3 Å². The Morgan fingerprint density at radius 2 is 2.27 bits per heavy atom. The Kier molecular flexibility index (Phi) is 4.71. The molecule has 1 aromatic heterocycles. The number of nitrogens with zero attached hydrogens (tertiary/aromatic N) is 3. The molecule has 2 atom stereocenters. The maximum atomic E-state index is 13.3. The molecular weight excluding hydrogens is 330 g/mol. The molecule has 1 amide bonds. The molecule has 0 bridgehead atoms. The Morgan fingerprint density at radius 1 is 1.42 bits per heavy atom. The smallest absolute Gasteiger partial charge is 0.275 e. The van der Waals surface area contributed by atoms with Gasteiger partial charge in [-0.3, -0.25) is 9.48 Å². The molecule has 0 saturated carbocycles. The van der Waals surface area contributed by atoms with E-state index in [2.05, 4.69) is 5.10 Å². The summed E-state index contributed by atoms with van der Waals surface area (Å²) in [6, 6.07) is 7.90. The fourth-order valence-corrected chi connectivity index (χ4v) is 4.50. The molecule has 26 heavy (non-hydrogen) atoms.